The molecule has 0 aliphatic carbocycles. The van der Waals surface area contributed by atoms with Crippen LogP contribution in [-0.2, 0) is 12.8 Å². The van der Waals surface area contributed by atoms with Crippen LogP contribution in [0.15, 0.2) is 6.07 Å². The molecular weight excluding hydrogens is 274 g/mol. The Labute approximate surface area is 125 Å². The van der Waals surface area contributed by atoms with Crippen LogP contribution in [-0.4, -0.2) is 25.8 Å². The van der Waals surface area contributed by atoms with Crippen molar-refractivity contribution < 1.29 is 9.47 Å². The molecule has 1 aromatic carbocycles. The van der Waals surface area contributed by atoms with Gasteiger partial charge in [0.1, 0.15) is 0 Å². The summed E-state index contributed by atoms with van der Waals surface area (Å²) in [6.07, 6.45) is 5.40. The normalized spacial score (nSPS) is 21.8. The summed E-state index contributed by atoms with van der Waals surface area (Å²) in [4.78, 5) is 0. The van der Waals surface area contributed by atoms with Crippen molar-refractivity contribution in [2.45, 2.75) is 45.1 Å². The van der Waals surface area contributed by atoms with Gasteiger partial charge in [0, 0.05) is 18.0 Å². The van der Waals surface area contributed by atoms with E-state index in [1.54, 1.807) is 0 Å². The topological polar surface area (TPSA) is 30.5 Å². The van der Waals surface area contributed by atoms with Crippen molar-refractivity contribution in [3.05, 3.63) is 22.2 Å². The van der Waals surface area contributed by atoms with E-state index in [1.165, 1.54) is 24.0 Å². The van der Waals surface area contributed by atoms with Crippen LogP contribution in [0.3, 0.4) is 0 Å². The molecule has 0 amide bonds. The fourth-order valence-electron chi connectivity index (χ4n) is 3.16. The van der Waals surface area contributed by atoms with E-state index in [0.717, 1.165) is 37.3 Å². The highest BCUT2D eigenvalue weighted by Gasteiger charge is 2.23. The first-order chi connectivity index (χ1) is 9.79. The Balaban J connectivity index is 1.96. The first-order valence-corrected chi connectivity index (χ1v) is 8.00. The fourth-order valence-corrected chi connectivity index (χ4v) is 3.43. The van der Waals surface area contributed by atoms with E-state index in [0.29, 0.717) is 24.3 Å². The molecule has 0 radical (unpaired) electrons. The minimum Gasteiger partial charge on any atom is -0.489 e. The average molecular weight is 296 g/mol. The zero-order valence-corrected chi connectivity index (χ0v) is 12.8. The standard InChI is InChI=1S/C16H22ClNO2/c1-2-13-11(9-12-5-3-6-18-12)10-14(17)16-15(13)19-7-4-8-20-16/h10,12,18H,2-9H2,1H3. The van der Waals surface area contributed by atoms with Gasteiger partial charge in [-0.3, -0.25) is 0 Å². The Bertz CT molecular complexity index is 484. The number of hydrogen-bond donors (Lipinski definition) is 1. The van der Waals surface area contributed by atoms with Gasteiger partial charge in [-0.05, 0) is 43.9 Å². The van der Waals surface area contributed by atoms with Crippen LogP contribution in [0, 0.1) is 0 Å². The first-order valence-electron chi connectivity index (χ1n) is 7.62. The Morgan fingerprint density at radius 1 is 1.25 bits per heavy atom. The Morgan fingerprint density at radius 2 is 2.05 bits per heavy atom. The fraction of sp³-hybridized carbons (Fsp3) is 0.625. The number of benzene rings is 1. The van der Waals surface area contributed by atoms with E-state index in [2.05, 4.69) is 18.3 Å². The molecule has 0 bridgehead atoms. The molecule has 2 aliphatic heterocycles. The van der Waals surface area contributed by atoms with Gasteiger partial charge < -0.3 is 14.8 Å². The summed E-state index contributed by atoms with van der Waals surface area (Å²) in [5, 5.41) is 4.24. The molecule has 1 aromatic rings. The SMILES string of the molecule is CCc1c(CC2CCCN2)cc(Cl)c2c1OCCCO2. The van der Waals surface area contributed by atoms with Crippen molar-refractivity contribution in [2.75, 3.05) is 19.8 Å². The van der Waals surface area contributed by atoms with Crippen molar-refractivity contribution in [3.63, 3.8) is 0 Å². The number of hydrogen-bond acceptors (Lipinski definition) is 3. The first kappa shape index (κ1) is 14.0. The molecule has 20 heavy (non-hydrogen) atoms. The molecule has 2 heterocycles. The maximum atomic E-state index is 6.41. The summed E-state index contributed by atoms with van der Waals surface area (Å²) in [5.74, 6) is 1.62. The Hall–Kier alpha value is -0.930. The van der Waals surface area contributed by atoms with Crippen LogP contribution in [0.1, 0.15) is 37.3 Å². The summed E-state index contributed by atoms with van der Waals surface area (Å²) < 4.78 is 11.7. The summed E-state index contributed by atoms with van der Waals surface area (Å²) in [5.41, 5.74) is 2.57. The number of rotatable bonds is 3. The molecule has 0 aromatic heterocycles. The summed E-state index contributed by atoms with van der Waals surface area (Å²) in [6, 6.07) is 2.65. The lowest BCUT2D eigenvalue weighted by Gasteiger charge is -2.19. The second-order valence-electron chi connectivity index (χ2n) is 5.56. The Kier molecular flexibility index (Phi) is 4.37. The second-order valence-corrected chi connectivity index (χ2v) is 5.96. The molecule has 1 atom stereocenters. The smallest absolute Gasteiger partial charge is 0.180 e. The maximum Gasteiger partial charge on any atom is 0.180 e. The van der Waals surface area contributed by atoms with Gasteiger partial charge in [-0.25, -0.2) is 0 Å². The number of ether oxygens (including phenoxy) is 2. The van der Waals surface area contributed by atoms with Crippen LogP contribution in [0.4, 0.5) is 0 Å². The van der Waals surface area contributed by atoms with Gasteiger partial charge in [-0.1, -0.05) is 18.5 Å². The van der Waals surface area contributed by atoms with E-state index < -0.39 is 0 Å². The van der Waals surface area contributed by atoms with Crippen molar-refractivity contribution in [2.24, 2.45) is 0 Å². The van der Waals surface area contributed by atoms with E-state index in [1.807, 2.05) is 0 Å². The van der Waals surface area contributed by atoms with Gasteiger partial charge >= 0.3 is 0 Å². The lowest BCUT2D eigenvalue weighted by molar-refractivity contribution is 0.296. The van der Waals surface area contributed by atoms with Crippen LogP contribution in [0.2, 0.25) is 5.02 Å². The second kappa shape index (κ2) is 6.23. The van der Waals surface area contributed by atoms with E-state index in [-0.39, 0.29) is 0 Å². The van der Waals surface area contributed by atoms with Gasteiger partial charge in [-0.15, -0.1) is 0 Å². The number of nitrogens with one attached hydrogen (secondary N) is 1. The van der Waals surface area contributed by atoms with Gasteiger partial charge in [0.2, 0.25) is 0 Å². The zero-order chi connectivity index (χ0) is 13.9. The molecule has 0 spiro atoms. The summed E-state index contributed by atoms with van der Waals surface area (Å²) >= 11 is 6.41. The molecule has 0 saturated carbocycles. The van der Waals surface area contributed by atoms with Gasteiger partial charge in [0.15, 0.2) is 11.5 Å². The highest BCUT2D eigenvalue weighted by Crippen LogP contribution is 2.42. The molecule has 3 rings (SSSR count). The van der Waals surface area contributed by atoms with Crippen LogP contribution >= 0.6 is 11.6 Å². The van der Waals surface area contributed by atoms with E-state index >= 15 is 0 Å². The van der Waals surface area contributed by atoms with Gasteiger partial charge in [0.05, 0.1) is 18.2 Å². The molecule has 4 heteroatoms. The minimum absolute atomic E-state index is 0.570. The number of halogens is 1. The quantitative estimate of drug-likeness (QED) is 0.927. The molecule has 1 saturated heterocycles. The van der Waals surface area contributed by atoms with Crippen LogP contribution < -0.4 is 14.8 Å². The van der Waals surface area contributed by atoms with Crippen molar-refractivity contribution >= 4 is 11.6 Å². The van der Waals surface area contributed by atoms with Crippen LogP contribution in [0.5, 0.6) is 11.5 Å². The highest BCUT2D eigenvalue weighted by molar-refractivity contribution is 6.32. The lowest BCUT2D eigenvalue weighted by atomic mass is 9.96. The van der Waals surface area contributed by atoms with Crippen molar-refractivity contribution in [1.29, 1.82) is 0 Å². The average Bonchev–Trinajstić information content (AvgIpc) is 2.82. The zero-order valence-electron chi connectivity index (χ0n) is 12.0. The molecule has 3 nitrogen and oxygen atoms in total. The van der Waals surface area contributed by atoms with Gasteiger partial charge in [-0.2, -0.15) is 0 Å². The van der Waals surface area contributed by atoms with Crippen molar-refractivity contribution in [3.8, 4) is 11.5 Å². The molecule has 2 aliphatic rings. The molecule has 1 unspecified atom stereocenters. The predicted octanol–water partition coefficient (Wildman–Crippen LogP) is 3.36. The minimum atomic E-state index is 0.570. The third-order valence-corrected chi connectivity index (χ3v) is 4.43. The highest BCUT2D eigenvalue weighted by atomic mass is 35.5. The third kappa shape index (κ3) is 2.75. The summed E-state index contributed by atoms with van der Waals surface area (Å²) in [6.45, 7) is 4.69. The lowest BCUT2D eigenvalue weighted by Crippen LogP contribution is -2.24. The number of fused-ring (bicyclic) bond motifs is 1. The van der Waals surface area contributed by atoms with E-state index in [9.17, 15) is 0 Å². The largest absolute Gasteiger partial charge is 0.489 e. The molecular formula is C16H22ClNO2. The third-order valence-electron chi connectivity index (χ3n) is 4.15. The maximum absolute atomic E-state index is 6.41. The molecule has 110 valence electrons. The summed E-state index contributed by atoms with van der Waals surface area (Å²) in [7, 11) is 0. The Morgan fingerprint density at radius 3 is 2.75 bits per heavy atom. The van der Waals surface area contributed by atoms with Crippen LogP contribution in [0.25, 0.3) is 0 Å². The van der Waals surface area contributed by atoms with Gasteiger partial charge in [0.25, 0.3) is 0 Å². The monoisotopic (exact) mass is 295 g/mol. The molecule has 1 fully saturated rings. The predicted molar refractivity (Wildman–Crippen MR) is 81.2 cm³/mol. The van der Waals surface area contributed by atoms with Crippen molar-refractivity contribution in [1.82, 2.24) is 5.32 Å². The molecule has 1 N–H and O–H groups in total. The van der Waals surface area contributed by atoms with E-state index in [4.69, 9.17) is 21.1 Å².